The maximum atomic E-state index is 13.1. The zero-order valence-electron chi connectivity index (χ0n) is 19.8. The number of carbonyl (C=O) groups is 1. The van der Waals surface area contributed by atoms with Gasteiger partial charge in [-0.25, -0.2) is 0 Å². The number of hydrogen-bond acceptors (Lipinski definition) is 8. The molecule has 0 spiro atoms. The van der Waals surface area contributed by atoms with Gasteiger partial charge in [-0.3, -0.25) is 19.1 Å². The molecule has 1 N–H and O–H groups in total. The van der Waals surface area contributed by atoms with Crippen LogP contribution < -0.4 is 20.3 Å². The van der Waals surface area contributed by atoms with Gasteiger partial charge in [0.15, 0.2) is 11.5 Å². The van der Waals surface area contributed by atoms with Crippen LogP contribution in [0.1, 0.15) is 48.9 Å². The van der Waals surface area contributed by atoms with Crippen molar-refractivity contribution in [3.63, 3.8) is 0 Å². The fourth-order valence-electron chi connectivity index (χ4n) is 4.03. The van der Waals surface area contributed by atoms with E-state index in [0.717, 1.165) is 18.4 Å². The predicted octanol–water partition coefficient (Wildman–Crippen LogP) is 4.39. The van der Waals surface area contributed by atoms with E-state index in [4.69, 9.17) is 21.7 Å². The number of hydrogen-bond donors (Lipinski definition) is 1. The Kier molecular flexibility index (Phi) is 7.48. The second-order valence-electron chi connectivity index (χ2n) is 8.15. The molecule has 35 heavy (non-hydrogen) atoms. The zero-order chi connectivity index (χ0) is 25.1. The van der Waals surface area contributed by atoms with Crippen LogP contribution in [0.4, 0.5) is 5.82 Å². The van der Waals surface area contributed by atoms with Gasteiger partial charge in [-0.05, 0) is 49.6 Å². The number of thioether (sulfide) groups is 1. The monoisotopic (exact) mass is 510 g/mol. The van der Waals surface area contributed by atoms with E-state index >= 15 is 0 Å². The summed E-state index contributed by atoms with van der Waals surface area (Å²) in [5, 5.41) is 13.1. The van der Waals surface area contributed by atoms with Crippen molar-refractivity contribution in [2.24, 2.45) is 0 Å². The highest BCUT2D eigenvalue weighted by atomic mass is 32.2. The highest BCUT2D eigenvalue weighted by Gasteiger charge is 2.32. The Labute approximate surface area is 213 Å². The molecule has 3 heterocycles. The minimum atomic E-state index is -0.367. The summed E-state index contributed by atoms with van der Waals surface area (Å²) in [6.07, 6.45) is 3.56. The Morgan fingerprint density at radius 1 is 1.26 bits per heavy atom. The second-order valence-corrected chi connectivity index (χ2v) is 9.83. The molecule has 1 aromatic carbocycles. The Bertz CT molecular complexity index is 1330. The molecule has 4 rings (SSSR count). The van der Waals surface area contributed by atoms with Gasteiger partial charge < -0.3 is 14.8 Å². The van der Waals surface area contributed by atoms with E-state index in [2.05, 4.69) is 12.2 Å². The van der Waals surface area contributed by atoms with Gasteiger partial charge in [0.25, 0.3) is 11.5 Å². The van der Waals surface area contributed by atoms with Crippen LogP contribution in [0.2, 0.25) is 0 Å². The van der Waals surface area contributed by atoms with E-state index in [9.17, 15) is 14.9 Å². The maximum Gasteiger partial charge on any atom is 0.270 e. The molecule has 2 aliphatic rings. The summed E-state index contributed by atoms with van der Waals surface area (Å²) in [4.78, 5) is 28.2. The molecule has 0 saturated carbocycles. The van der Waals surface area contributed by atoms with E-state index in [-0.39, 0.29) is 23.8 Å². The largest absolute Gasteiger partial charge is 0.454 e. The van der Waals surface area contributed by atoms with Crippen LogP contribution in [0.5, 0.6) is 11.5 Å². The molecule has 1 aromatic heterocycles. The molecule has 0 unspecified atom stereocenters. The quantitative estimate of drug-likeness (QED) is 0.413. The summed E-state index contributed by atoms with van der Waals surface area (Å²) in [7, 11) is 0. The molecule has 0 aliphatic carbocycles. The van der Waals surface area contributed by atoms with Crippen LogP contribution in [0.25, 0.3) is 6.08 Å². The molecule has 1 fully saturated rings. The molecule has 1 amide bonds. The third-order valence-electron chi connectivity index (χ3n) is 5.97. The van der Waals surface area contributed by atoms with E-state index in [1.807, 2.05) is 31.2 Å². The second kappa shape index (κ2) is 10.5. The van der Waals surface area contributed by atoms with Crippen LogP contribution in [0, 0.1) is 18.3 Å². The number of aromatic nitrogens is 1. The highest BCUT2D eigenvalue weighted by molar-refractivity contribution is 8.26. The first-order valence-electron chi connectivity index (χ1n) is 11.4. The summed E-state index contributed by atoms with van der Waals surface area (Å²) in [6.45, 7) is 7.16. The van der Waals surface area contributed by atoms with Gasteiger partial charge in [0.05, 0.1) is 4.91 Å². The number of ether oxygens (including phenoxy) is 2. The van der Waals surface area contributed by atoms with Crippen molar-refractivity contribution in [2.45, 2.75) is 46.7 Å². The summed E-state index contributed by atoms with van der Waals surface area (Å²) in [5.41, 5.74) is 1.78. The number of nitriles is 1. The van der Waals surface area contributed by atoms with Crippen molar-refractivity contribution >= 4 is 46.1 Å². The van der Waals surface area contributed by atoms with Gasteiger partial charge in [-0.15, -0.1) is 0 Å². The number of benzene rings is 1. The fraction of sp³-hybridized carbons (Fsp3) is 0.360. The Hall–Kier alpha value is -3.29. The Balaban J connectivity index is 1.75. The number of rotatable bonds is 8. The molecule has 8 nitrogen and oxygen atoms in total. The van der Waals surface area contributed by atoms with Gasteiger partial charge in [-0.2, -0.15) is 5.26 Å². The molecule has 2 aromatic rings. The SMILES string of the molecule is CCCCN1C(=O)/C(=C\c2c(C)c(C#N)c(=O)n(CC)c2NCc2ccc3c(c2)OCO3)SC1=S. The van der Waals surface area contributed by atoms with Crippen molar-refractivity contribution in [1.29, 1.82) is 5.26 Å². The predicted molar refractivity (Wildman–Crippen MR) is 141 cm³/mol. The van der Waals surface area contributed by atoms with E-state index in [1.165, 1.54) is 16.3 Å². The smallest absolute Gasteiger partial charge is 0.270 e. The van der Waals surface area contributed by atoms with Crippen LogP contribution in [0.15, 0.2) is 27.9 Å². The van der Waals surface area contributed by atoms with Crippen molar-refractivity contribution in [1.82, 2.24) is 9.47 Å². The van der Waals surface area contributed by atoms with Gasteiger partial charge in [-0.1, -0.05) is 43.4 Å². The lowest BCUT2D eigenvalue weighted by molar-refractivity contribution is -0.122. The first-order valence-corrected chi connectivity index (χ1v) is 12.7. The van der Waals surface area contributed by atoms with Gasteiger partial charge in [0.2, 0.25) is 6.79 Å². The number of amides is 1. The Morgan fingerprint density at radius 3 is 2.74 bits per heavy atom. The lowest BCUT2D eigenvalue weighted by atomic mass is 10.0. The first kappa shape index (κ1) is 24.8. The molecular weight excluding hydrogens is 484 g/mol. The molecule has 1 saturated heterocycles. The number of thiocarbonyl (C=S) groups is 1. The fourth-order valence-corrected chi connectivity index (χ4v) is 5.32. The molecule has 0 atom stereocenters. The molecule has 2 aliphatic heterocycles. The summed E-state index contributed by atoms with van der Waals surface area (Å²) in [6, 6.07) is 7.70. The number of nitrogens with zero attached hydrogens (tertiary/aromatic N) is 3. The summed E-state index contributed by atoms with van der Waals surface area (Å²) < 4.78 is 12.9. The third kappa shape index (κ3) is 4.79. The standard InChI is InChI=1S/C25H26N4O4S2/c1-4-6-9-29-24(31)21(35-25(29)34)11-17-15(3)18(12-26)23(30)28(5-2)22(17)27-13-16-7-8-19-20(10-16)33-14-32-19/h7-8,10-11,27H,4-6,9,13-14H2,1-3H3/b21-11+. The third-order valence-corrected chi connectivity index (χ3v) is 7.35. The van der Waals surface area contributed by atoms with Crippen LogP contribution in [-0.4, -0.2) is 33.0 Å². The topological polar surface area (TPSA) is 96.6 Å². The van der Waals surface area contributed by atoms with Gasteiger partial charge >= 0.3 is 0 Å². The van der Waals surface area contributed by atoms with Crippen molar-refractivity contribution in [3.05, 3.63) is 55.7 Å². The van der Waals surface area contributed by atoms with Crippen molar-refractivity contribution in [2.75, 3.05) is 18.7 Å². The molecule has 182 valence electrons. The molecule has 0 bridgehead atoms. The minimum Gasteiger partial charge on any atom is -0.454 e. The van der Waals surface area contributed by atoms with Crippen molar-refractivity contribution < 1.29 is 14.3 Å². The van der Waals surface area contributed by atoms with Gasteiger partial charge in [0, 0.05) is 25.2 Å². The lowest BCUT2D eigenvalue weighted by Gasteiger charge is -2.19. The highest BCUT2D eigenvalue weighted by Crippen LogP contribution is 2.36. The van der Waals surface area contributed by atoms with Crippen molar-refractivity contribution in [3.8, 4) is 17.6 Å². The number of nitrogens with one attached hydrogen (secondary N) is 1. The summed E-state index contributed by atoms with van der Waals surface area (Å²) >= 11 is 6.69. The molecule has 10 heteroatoms. The van der Waals surface area contributed by atoms with E-state index < -0.39 is 0 Å². The van der Waals surface area contributed by atoms with E-state index in [0.29, 0.717) is 57.3 Å². The van der Waals surface area contributed by atoms with Gasteiger partial charge in [0.1, 0.15) is 21.8 Å². The number of carbonyl (C=O) groups excluding carboxylic acids is 1. The molecule has 0 radical (unpaired) electrons. The maximum absolute atomic E-state index is 13.1. The summed E-state index contributed by atoms with van der Waals surface area (Å²) in [5.74, 6) is 1.76. The number of anilines is 1. The number of fused-ring (bicyclic) bond motifs is 1. The first-order chi connectivity index (χ1) is 16.9. The lowest BCUT2D eigenvalue weighted by Crippen LogP contribution is -2.29. The van der Waals surface area contributed by atoms with Crippen LogP contribution in [-0.2, 0) is 17.9 Å². The van der Waals surface area contributed by atoms with E-state index in [1.54, 1.807) is 17.9 Å². The Morgan fingerprint density at radius 2 is 2.03 bits per heavy atom. The minimum absolute atomic E-state index is 0.0631. The number of pyridine rings is 1. The average molecular weight is 511 g/mol. The molecular formula is C25H26N4O4S2. The zero-order valence-corrected chi connectivity index (χ0v) is 21.5. The van der Waals surface area contributed by atoms with Crippen LogP contribution in [0.3, 0.4) is 0 Å². The normalized spacial score (nSPS) is 15.7. The number of unbranched alkanes of at least 4 members (excludes halogenated alkanes) is 1. The average Bonchev–Trinajstić information content (AvgIpc) is 3.42. The van der Waals surface area contributed by atoms with Crippen LogP contribution >= 0.6 is 24.0 Å².